The molecule has 0 saturated heterocycles. The number of benzene rings is 1. The molecule has 6 nitrogen and oxygen atoms in total. The average molecular weight is 397 g/mol. The molecular weight excluding hydrogens is 370 g/mol. The van der Waals surface area contributed by atoms with Crippen LogP contribution in [0.15, 0.2) is 61.3 Å². The van der Waals surface area contributed by atoms with Crippen molar-refractivity contribution in [2.45, 2.75) is 32.0 Å². The third-order valence-electron chi connectivity index (χ3n) is 4.52. The minimum Gasteiger partial charge on any atom is -0.508 e. The Morgan fingerprint density at radius 1 is 1.24 bits per heavy atom. The van der Waals surface area contributed by atoms with Crippen molar-refractivity contribution in [2.75, 3.05) is 6.61 Å². The Morgan fingerprint density at radius 2 is 2.03 bits per heavy atom. The summed E-state index contributed by atoms with van der Waals surface area (Å²) in [4.78, 5) is 16.2. The number of aliphatic hydroxyl groups is 2. The number of nitrogens with zero attached hydrogens (tertiary/aromatic N) is 1. The van der Waals surface area contributed by atoms with Gasteiger partial charge in [0.05, 0.1) is 18.4 Å². The molecule has 2 aromatic rings. The highest BCUT2D eigenvalue weighted by Gasteiger charge is 2.30. The first-order valence-corrected chi connectivity index (χ1v) is 9.52. The molecule has 3 atom stereocenters. The molecule has 0 amide bonds. The molecule has 1 heterocycles. The van der Waals surface area contributed by atoms with Gasteiger partial charge in [0, 0.05) is 12.1 Å². The summed E-state index contributed by atoms with van der Waals surface area (Å²) in [6, 6.07) is 12.4. The average Bonchev–Trinajstić information content (AvgIpc) is 2.72. The minimum absolute atomic E-state index is 0.145. The summed E-state index contributed by atoms with van der Waals surface area (Å²) in [5, 5.41) is 30.5. The zero-order valence-electron chi connectivity index (χ0n) is 16.4. The molecule has 6 heteroatoms. The highest BCUT2D eigenvalue weighted by molar-refractivity contribution is 5.80. The fourth-order valence-electron chi connectivity index (χ4n) is 3.02. The zero-order valence-corrected chi connectivity index (χ0v) is 16.4. The number of pyridine rings is 1. The van der Waals surface area contributed by atoms with E-state index < -0.39 is 24.1 Å². The molecule has 1 aromatic heterocycles. The molecule has 3 N–H and O–H groups in total. The van der Waals surface area contributed by atoms with Gasteiger partial charge in [0.1, 0.15) is 5.75 Å². The number of allylic oxidation sites excluding steroid dienone is 1. The van der Waals surface area contributed by atoms with Gasteiger partial charge in [0.15, 0.2) is 6.10 Å². The number of carbonyl (C=O) groups is 1. The van der Waals surface area contributed by atoms with Crippen molar-refractivity contribution in [3.05, 3.63) is 72.6 Å². The number of aromatic nitrogens is 1. The number of hydrogen-bond acceptors (Lipinski definition) is 6. The van der Waals surface area contributed by atoms with E-state index >= 15 is 0 Å². The Bertz CT molecular complexity index is 834. The topological polar surface area (TPSA) is 99.9 Å². The van der Waals surface area contributed by atoms with E-state index in [9.17, 15) is 20.1 Å². The number of phenolic OH excluding ortho intramolecular Hbond substituents is 1. The Labute approximate surface area is 170 Å². The SMILES string of the molecule is C=C[C@H]([C@H](O)CC/C(=C/c1cccc(O)c1)c1ccccn1)[C@H](O)C(=O)OCC. The van der Waals surface area contributed by atoms with Crippen LogP contribution < -0.4 is 0 Å². The van der Waals surface area contributed by atoms with E-state index in [1.165, 1.54) is 6.08 Å². The number of rotatable bonds is 10. The summed E-state index contributed by atoms with van der Waals surface area (Å²) < 4.78 is 4.83. The molecule has 0 bridgehead atoms. The van der Waals surface area contributed by atoms with Crippen molar-refractivity contribution >= 4 is 17.6 Å². The third kappa shape index (κ3) is 6.55. The molecule has 0 radical (unpaired) electrons. The van der Waals surface area contributed by atoms with E-state index in [0.29, 0.717) is 6.42 Å². The van der Waals surface area contributed by atoms with Crippen LogP contribution in [-0.2, 0) is 9.53 Å². The van der Waals surface area contributed by atoms with Gasteiger partial charge in [-0.2, -0.15) is 0 Å². The van der Waals surface area contributed by atoms with Crippen LogP contribution in [0.5, 0.6) is 5.75 Å². The fourth-order valence-corrected chi connectivity index (χ4v) is 3.02. The van der Waals surface area contributed by atoms with Crippen LogP contribution in [0.3, 0.4) is 0 Å². The second kappa shape index (κ2) is 11.1. The maximum absolute atomic E-state index is 11.8. The van der Waals surface area contributed by atoms with Crippen LogP contribution >= 0.6 is 0 Å². The van der Waals surface area contributed by atoms with E-state index in [2.05, 4.69) is 11.6 Å². The predicted molar refractivity (Wildman–Crippen MR) is 112 cm³/mol. The third-order valence-corrected chi connectivity index (χ3v) is 4.52. The molecule has 0 aliphatic carbocycles. The minimum atomic E-state index is -1.48. The summed E-state index contributed by atoms with van der Waals surface area (Å²) in [6.45, 7) is 5.42. The van der Waals surface area contributed by atoms with E-state index in [1.807, 2.05) is 30.3 Å². The molecule has 0 saturated carbocycles. The summed E-state index contributed by atoms with van der Waals surface area (Å²) in [6.07, 6.45) is 3.17. The lowest BCUT2D eigenvalue weighted by Gasteiger charge is -2.24. The number of esters is 1. The molecule has 0 unspecified atom stereocenters. The highest BCUT2D eigenvalue weighted by Crippen LogP contribution is 2.26. The van der Waals surface area contributed by atoms with Gasteiger partial charge in [-0.25, -0.2) is 4.79 Å². The maximum Gasteiger partial charge on any atom is 0.335 e. The van der Waals surface area contributed by atoms with Crippen molar-refractivity contribution in [1.82, 2.24) is 4.98 Å². The number of aliphatic hydroxyl groups excluding tert-OH is 2. The summed E-state index contributed by atoms with van der Waals surface area (Å²) in [7, 11) is 0. The van der Waals surface area contributed by atoms with E-state index in [4.69, 9.17) is 4.74 Å². The summed E-state index contributed by atoms with van der Waals surface area (Å²) in [5.41, 5.74) is 2.39. The zero-order chi connectivity index (χ0) is 21.2. The van der Waals surface area contributed by atoms with Crippen LogP contribution in [0, 0.1) is 5.92 Å². The molecule has 0 spiro atoms. The maximum atomic E-state index is 11.8. The van der Waals surface area contributed by atoms with Crippen LogP contribution in [0.4, 0.5) is 0 Å². The largest absolute Gasteiger partial charge is 0.508 e. The molecular formula is C23H27NO5. The molecule has 1 aromatic carbocycles. The van der Waals surface area contributed by atoms with Crippen LogP contribution in [0.2, 0.25) is 0 Å². The van der Waals surface area contributed by atoms with Gasteiger partial charge in [-0.05, 0) is 61.2 Å². The van der Waals surface area contributed by atoms with Gasteiger partial charge < -0.3 is 20.1 Å². The second-order valence-electron chi connectivity index (χ2n) is 6.60. The number of phenols is 1. The standard InChI is InChI=1S/C23H27NO5/c1-3-19(22(27)23(28)29-4-2)21(26)12-11-17(20-10-5-6-13-24-20)14-16-8-7-9-18(25)15-16/h3,5-10,13-15,19,21-22,25-27H,1,4,11-12H2,2H3/b17-14-/t19-,21-,22+/m1/s1. The van der Waals surface area contributed by atoms with Crippen LogP contribution in [-0.4, -0.2) is 45.1 Å². The number of aromatic hydroxyl groups is 1. The lowest BCUT2D eigenvalue weighted by Crippen LogP contribution is -2.37. The van der Waals surface area contributed by atoms with Crippen molar-refractivity contribution in [1.29, 1.82) is 0 Å². The Morgan fingerprint density at radius 3 is 2.66 bits per heavy atom. The van der Waals surface area contributed by atoms with Crippen molar-refractivity contribution in [3.63, 3.8) is 0 Å². The Hall–Kier alpha value is -2.96. The van der Waals surface area contributed by atoms with Crippen LogP contribution in [0.25, 0.3) is 11.6 Å². The molecule has 0 fully saturated rings. The second-order valence-corrected chi connectivity index (χ2v) is 6.60. The van der Waals surface area contributed by atoms with E-state index in [1.54, 1.807) is 31.3 Å². The summed E-state index contributed by atoms with van der Waals surface area (Å²) >= 11 is 0. The monoisotopic (exact) mass is 397 g/mol. The van der Waals surface area contributed by atoms with E-state index in [-0.39, 0.29) is 18.8 Å². The smallest absolute Gasteiger partial charge is 0.335 e. The van der Waals surface area contributed by atoms with Crippen molar-refractivity contribution in [2.24, 2.45) is 5.92 Å². The normalized spacial score (nSPS) is 14.7. The van der Waals surface area contributed by atoms with Gasteiger partial charge in [0.2, 0.25) is 0 Å². The first-order valence-electron chi connectivity index (χ1n) is 9.52. The predicted octanol–water partition coefficient (Wildman–Crippen LogP) is 3.20. The van der Waals surface area contributed by atoms with Gasteiger partial charge in [0.25, 0.3) is 0 Å². The quantitative estimate of drug-likeness (QED) is 0.421. The molecule has 0 aliphatic rings. The molecule has 2 rings (SSSR count). The summed E-state index contributed by atoms with van der Waals surface area (Å²) in [5.74, 6) is -1.47. The van der Waals surface area contributed by atoms with Crippen molar-refractivity contribution in [3.8, 4) is 5.75 Å². The van der Waals surface area contributed by atoms with Crippen LogP contribution in [0.1, 0.15) is 31.0 Å². The number of ether oxygens (including phenoxy) is 1. The van der Waals surface area contributed by atoms with Gasteiger partial charge in [-0.15, -0.1) is 6.58 Å². The van der Waals surface area contributed by atoms with Gasteiger partial charge in [-0.3, -0.25) is 4.98 Å². The highest BCUT2D eigenvalue weighted by atomic mass is 16.5. The first-order chi connectivity index (χ1) is 14.0. The number of carbonyl (C=O) groups excluding carboxylic acids is 1. The number of hydrogen-bond donors (Lipinski definition) is 3. The van der Waals surface area contributed by atoms with E-state index in [0.717, 1.165) is 16.8 Å². The molecule has 29 heavy (non-hydrogen) atoms. The Balaban J connectivity index is 2.19. The molecule has 154 valence electrons. The van der Waals surface area contributed by atoms with Crippen molar-refractivity contribution < 1.29 is 24.9 Å². The van der Waals surface area contributed by atoms with Gasteiger partial charge >= 0.3 is 5.97 Å². The lowest BCUT2D eigenvalue weighted by molar-refractivity contribution is -0.157. The first kappa shape index (κ1) is 22.3. The lowest BCUT2D eigenvalue weighted by atomic mass is 9.90. The fraction of sp³-hybridized carbons (Fsp3) is 0.304. The Kier molecular flexibility index (Phi) is 8.58. The molecule has 0 aliphatic heterocycles. The van der Waals surface area contributed by atoms with Gasteiger partial charge in [-0.1, -0.05) is 24.3 Å².